The first-order valence-corrected chi connectivity index (χ1v) is 4.45. The zero-order valence-corrected chi connectivity index (χ0v) is 8.60. The van der Waals surface area contributed by atoms with Crippen molar-refractivity contribution in [1.29, 1.82) is 0 Å². The van der Waals surface area contributed by atoms with E-state index >= 15 is 0 Å². The number of anilines is 1. The molecule has 2 N–H and O–H groups in total. The van der Waals surface area contributed by atoms with Gasteiger partial charge in [0.05, 0.1) is 10.5 Å². The fraction of sp³-hybridized carbons (Fsp3) is 0.444. The van der Waals surface area contributed by atoms with Gasteiger partial charge in [-0.05, 0) is 19.9 Å². The number of aliphatic hydroxyl groups is 1. The predicted molar refractivity (Wildman–Crippen MR) is 55.7 cm³/mol. The molecule has 0 amide bonds. The first kappa shape index (κ1) is 11.4. The van der Waals surface area contributed by atoms with Gasteiger partial charge in [0.15, 0.2) is 0 Å². The summed E-state index contributed by atoms with van der Waals surface area (Å²) in [6.07, 6.45) is 1.17. The summed E-state index contributed by atoms with van der Waals surface area (Å²) in [6.45, 7) is 3.65. The van der Waals surface area contributed by atoms with Crippen molar-refractivity contribution in [2.45, 2.75) is 19.4 Å². The van der Waals surface area contributed by atoms with Crippen LogP contribution in [0, 0.1) is 10.1 Å². The van der Waals surface area contributed by atoms with Crippen molar-refractivity contribution in [2.24, 2.45) is 0 Å². The lowest BCUT2D eigenvalue weighted by Gasteiger charge is -2.17. The fourth-order valence-corrected chi connectivity index (χ4v) is 0.905. The average Bonchev–Trinajstić information content (AvgIpc) is 2.14. The minimum Gasteiger partial charge on any atom is -0.389 e. The maximum absolute atomic E-state index is 10.3. The van der Waals surface area contributed by atoms with Crippen molar-refractivity contribution in [1.82, 2.24) is 4.98 Å². The summed E-state index contributed by atoms with van der Waals surface area (Å²) in [5.41, 5.74) is -0.896. The average molecular weight is 211 g/mol. The molecule has 6 nitrogen and oxygen atoms in total. The first-order chi connectivity index (χ1) is 6.88. The second kappa shape index (κ2) is 4.22. The van der Waals surface area contributed by atoms with Crippen molar-refractivity contribution < 1.29 is 10.0 Å². The van der Waals surface area contributed by atoms with Crippen molar-refractivity contribution in [3.63, 3.8) is 0 Å². The third kappa shape index (κ3) is 3.90. The highest BCUT2D eigenvalue weighted by Crippen LogP contribution is 2.12. The normalized spacial score (nSPS) is 11.1. The molecule has 1 rings (SSSR count). The summed E-state index contributed by atoms with van der Waals surface area (Å²) in [7, 11) is 0. The van der Waals surface area contributed by atoms with Crippen LogP contribution in [0.3, 0.4) is 0 Å². The standard InChI is InChI=1S/C9H13N3O3/c1-9(2,13)6-11-8-4-3-7(5-10-8)12(14)15/h3-5,13H,6H2,1-2H3,(H,10,11). The van der Waals surface area contributed by atoms with Gasteiger partial charge in [0, 0.05) is 12.6 Å². The number of nitrogens with zero attached hydrogens (tertiary/aromatic N) is 2. The summed E-state index contributed by atoms with van der Waals surface area (Å²) in [4.78, 5) is 13.7. The van der Waals surface area contributed by atoms with E-state index in [9.17, 15) is 15.2 Å². The smallest absolute Gasteiger partial charge is 0.287 e. The molecule has 0 spiro atoms. The third-order valence-electron chi connectivity index (χ3n) is 1.66. The van der Waals surface area contributed by atoms with E-state index in [0.29, 0.717) is 12.4 Å². The van der Waals surface area contributed by atoms with E-state index in [4.69, 9.17) is 0 Å². The van der Waals surface area contributed by atoms with Gasteiger partial charge in [0.1, 0.15) is 12.0 Å². The molecule has 0 aliphatic carbocycles. The monoisotopic (exact) mass is 211 g/mol. The van der Waals surface area contributed by atoms with E-state index < -0.39 is 10.5 Å². The molecule has 0 bridgehead atoms. The SMILES string of the molecule is CC(C)(O)CNc1ccc([N+](=O)[O-])cn1. The van der Waals surface area contributed by atoms with Gasteiger partial charge in [0.25, 0.3) is 5.69 Å². The molecule has 0 radical (unpaired) electrons. The molecule has 82 valence electrons. The van der Waals surface area contributed by atoms with E-state index in [-0.39, 0.29) is 5.69 Å². The quantitative estimate of drug-likeness (QED) is 0.576. The summed E-state index contributed by atoms with van der Waals surface area (Å²) in [6, 6.07) is 2.86. The Morgan fingerprint density at radius 1 is 1.60 bits per heavy atom. The van der Waals surface area contributed by atoms with Gasteiger partial charge in [-0.2, -0.15) is 0 Å². The fourth-order valence-electron chi connectivity index (χ4n) is 0.905. The highest BCUT2D eigenvalue weighted by atomic mass is 16.6. The van der Waals surface area contributed by atoms with Crippen LogP contribution in [-0.4, -0.2) is 27.2 Å². The topological polar surface area (TPSA) is 88.3 Å². The van der Waals surface area contributed by atoms with E-state index in [1.54, 1.807) is 13.8 Å². The number of hydrogen-bond acceptors (Lipinski definition) is 5. The van der Waals surface area contributed by atoms with E-state index in [1.165, 1.54) is 18.3 Å². The maximum Gasteiger partial charge on any atom is 0.287 e. The van der Waals surface area contributed by atoms with Crippen LogP contribution in [0.1, 0.15) is 13.8 Å². The molecule has 0 fully saturated rings. The van der Waals surface area contributed by atoms with Crippen LogP contribution in [-0.2, 0) is 0 Å². The summed E-state index contributed by atoms with van der Waals surface area (Å²) >= 11 is 0. The molecule has 0 aliphatic rings. The van der Waals surface area contributed by atoms with Crippen molar-refractivity contribution in [3.8, 4) is 0 Å². The van der Waals surface area contributed by atoms with Crippen LogP contribution in [0.25, 0.3) is 0 Å². The van der Waals surface area contributed by atoms with Crippen LogP contribution in [0.4, 0.5) is 11.5 Å². The summed E-state index contributed by atoms with van der Waals surface area (Å²) in [5.74, 6) is 0.503. The molecule has 1 aromatic heterocycles. The van der Waals surface area contributed by atoms with Crippen LogP contribution in [0.15, 0.2) is 18.3 Å². The molecule has 1 aromatic rings. The highest BCUT2D eigenvalue weighted by molar-refractivity contribution is 5.40. The number of nitrogens with one attached hydrogen (secondary N) is 1. The van der Waals surface area contributed by atoms with E-state index in [0.717, 1.165) is 0 Å². The van der Waals surface area contributed by atoms with Gasteiger partial charge in [-0.1, -0.05) is 0 Å². The Morgan fingerprint density at radius 3 is 2.67 bits per heavy atom. The number of nitro groups is 1. The minimum absolute atomic E-state index is 0.0520. The second-order valence-electron chi connectivity index (χ2n) is 3.82. The van der Waals surface area contributed by atoms with Crippen molar-refractivity contribution >= 4 is 11.5 Å². The third-order valence-corrected chi connectivity index (χ3v) is 1.66. The van der Waals surface area contributed by atoms with Gasteiger partial charge >= 0.3 is 0 Å². The Kier molecular flexibility index (Phi) is 3.21. The molecule has 0 saturated carbocycles. The summed E-state index contributed by atoms with van der Waals surface area (Å²) in [5, 5.41) is 22.6. The van der Waals surface area contributed by atoms with Crippen LogP contribution in [0.5, 0.6) is 0 Å². The number of aromatic nitrogens is 1. The first-order valence-electron chi connectivity index (χ1n) is 4.45. The minimum atomic E-state index is -0.844. The van der Waals surface area contributed by atoms with Crippen LogP contribution in [0.2, 0.25) is 0 Å². The number of pyridine rings is 1. The van der Waals surface area contributed by atoms with Crippen molar-refractivity contribution in [3.05, 3.63) is 28.4 Å². The lowest BCUT2D eigenvalue weighted by molar-refractivity contribution is -0.385. The summed E-state index contributed by atoms with van der Waals surface area (Å²) < 4.78 is 0. The number of rotatable bonds is 4. The molecule has 0 saturated heterocycles. The Hall–Kier alpha value is -1.69. The molecule has 0 aromatic carbocycles. The van der Waals surface area contributed by atoms with Gasteiger partial charge in [0.2, 0.25) is 0 Å². The van der Waals surface area contributed by atoms with Gasteiger partial charge in [-0.3, -0.25) is 10.1 Å². The Balaban J connectivity index is 2.61. The Morgan fingerprint density at radius 2 is 2.27 bits per heavy atom. The van der Waals surface area contributed by atoms with Crippen LogP contribution >= 0.6 is 0 Å². The second-order valence-corrected chi connectivity index (χ2v) is 3.82. The molecular formula is C9H13N3O3. The lowest BCUT2D eigenvalue weighted by atomic mass is 10.1. The zero-order chi connectivity index (χ0) is 11.5. The number of hydrogen-bond donors (Lipinski definition) is 2. The molecule has 0 atom stereocenters. The molecule has 15 heavy (non-hydrogen) atoms. The Bertz CT molecular complexity index is 343. The van der Waals surface area contributed by atoms with E-state index in [2.05, 4.69) is 10.3 Å². The molecular weight excluding hydrogens is 198 g/mol. The van der Waals surface area contributed by atoms with Gasteiger partial charge in [-0.15, -0.1) is 0 Å². The Labute approximate surface area is 87.1 Å². The van der Waals surface area contributed by atoms with Crippen molar-refractivity contribution in [2.75, 3.05) is 11.9 Å². The van der Waals surface area contributed by atoms with E-state index in [1.807, 2.05) is 0 Å². The maximum atomic E-state index is 10.3. The zero-order valence-electron chi connectivity index (χ0n) is 8.60. The van der Waals surface area contributed by atoms with Gasteiger partial charge in [-0.25, -0.2) is 4.98 Å². The molecule has 6 heteroatoms. The predicted octanol–water partition coefficient (Wildman–Crippen LogP) is 1.17. The largest absolute Gasteiger partial charge is 0.389 e. The van der Waals surface area contributed by atoms with Crippen LogP contribution < -0.4 is 5.32 Å². The molecule has 0 aliphatic heterocycles. The lowest BCUT2D eigenvalue weighted by Crippen LogP contribution is -2.29. The molecule has 1 heterocycles. The van der Waals surface area contributed by atoms with Gasteiger partial charge < -0.3 is 10.4 Å². The molecule has 0 unspecified atom stereocenters. The highest BCUT2D eigenvalue weighted by Gasteiger charge is 2.12.